The minimum Gasteiger partial charge on any atom is -0.508 e. The average Bonchev–Trinajstić information content (AvgIpc) is 2.76. The molecule has 7 nitrogen and oxygen atoms in total. The Morgan fingerprint density at radius 1 is 1.21 bits per heavy atom. The second-order valence-electron chi connectivity index (χ2n) is 9.56. The highest BCUT2D eigenvalue weighted by Crippen LogP contribution is 2.70. The maximum Gasteiger partial charge on any atom is 0.341 e. The number of phenolic OH excluding ortho intramolecular Hbond substituents is 1. The summed E-state index contributed by atoms with van der Waals surface area (Å²) in [6.07, 6.45) is 2.36. The highest BCUT2D eigenvalue weighted by Gasteiger charge is 2.77. The van der Waals surface area contributed by atoms with Crippen LogP contribution < -0.4 is 5.56 Å². The van der Waals surface area contributed by atoms with Crippen LogP contribution in [0.5, 0.6) is 5.75 Å². The molecule has 3 aliphatic carbocycles. The summed E-state index contributed by atoms with van der Waals surface area (Å²) in [7, 11) is 2.02. The van der Waals surface area contributed by atoms with E-state index in [1.54, 1.807) is 12.1 Å². The van der Waals surface area contributed by atoms with Gasteiger partial charge in [-0.1, -0.05) is 6.07 Å². The molecule has 4 unspecified atom stereocenters. The first-order chi connectivity index (χ1) is 13.7. The van der Waals surface area contributed by atoms with E-state index in [0.717, 1.165) is 30.5 Å². The van der Waals surface area contributed by atoms with Crippen molar-refractivity contribution in [1.29, 1.82) is 0 Å². The lowest BCUT2D eigenvalue weighted by atomic mass is 9.58. The van der Waals surface area contributed by atoms with Gasteiger partial charge in [0.25, 0.3) is 5.56 Å². The lowest BCUT2D eigenvalue weighted by Crippen LogP contribution is -2.70. The van der Waals surface area contributed by atoms with Gasteiger partial charge in [-0.25, -0.2) is 4.79 Å². The van der Waals surface area contributed by atoms with Crippen LogP contribution in [0.1, 0.15) is 39.2 Å². The van der Waals surface area contributed by atoms with Crippen LogP contribution in [0.2, 0.25) is 0 Å². The maximum absolute atomic E-state index is 12.3. The number of rotatable bonds is 1. The van der Waals surface area contributed by atoms with Crippen molar-refractivity contribution in [2.75, 3.05) is 13.6 Å². The molecule has 4 atom stereocenters. The molecular weight excluding hydrogens is 372 g/mol. The second kappa shape index (κ2) is 4.91. The lowest BCUT2D eigenvalue weighted by molar-refractivity contribution is -0.136. The third-order valence-electron chi connectivity index (χ3n) is 8.06. The number of likely N-dealkylation sites (N-methyl/N-ethyl adjacent to an activating group) is 1. The Bertz CT molecular complexity index is 1170. The van der Waals surface area contributed by atoms with E-state index >= 15 is 0 Å². The fraction of sp³-hybridized carbons (Fsp3) is 0.455. The molecule has 1 aromatic carbocycles. The third kappa shape index (κ3) is 1.81. The van der Waals surface area contributed by atoms with Crippen molar-refractivity contribution in [2.45, 2.75) is 42.7 Å². The minimum absolute atomic E-state index is 0.0363. The summed E-state index contributed by atoms with van der Waals surface area (Å²) in [5.41, 5.74) is 0.843. The zero-order valence-corrected chi connectivity index (χ0v) is 16.0. The van der Waals surface area contributed by atoms with Gasteiger partial charge < -0.3 is 20.3 Å². The van der Waals surface area contributed by atoms with Crippen LogP contribution in [-0.4, -0.2) is 56.4 Å². The number of pyridine rings is 1. The predicted molar refractivity (Wildman–Crippen MR) is 103 cm³/mol. The number of nitrogens with zero attached hydrogens (tertiary/aromatic N) is 1. The van der Waals surface area contributed by atoms with Crippen molar-refractivity contribution in [3.63, 3.8) is 0 Å². The van der Waals surface area contributed by atoms with Crippen LogP contribution in [0.15, 0.2) is 29.1 Å². The Hall–Kier alpha value is -2.64. The first-order valence-corrected chi connectivity index (χ1v) is 9.93. The molecule has 2 spiro atoms. The number of aromatic carboxylic acids is 1. The van der Waals surface area contributed by atoms with Crippen LogP contribution in [0, 0.1) is 5.41 Å². The Balaban J connectivity index is 1.63. The number of likely N-dealkylation sites (tertiary alicyclic amines) is 1. The van der Waals surface area contributed by atoms with Gasteiger partial charge in [0.05, 0.1) is 5.60 Å². The molecule has 2 fully saturated rings. The summed E-state index contributed by atoms with van der Waals surface area (Å²) in [4.78, 5) is 28.8. The topological polar surface area (TPSA) is 114 Å². The minimum atomic E-state index is -1.26. The zero-order valence-electron chi connectivity index (χ0n) is 16.0. The number of nitrogens with one attached hydrogen (secondary N) is 1. The van der Waals surface area contributed by atoms with Crippen molar-refractivity contribution in [3.8, 4) is 5.75 Å². The van der Waals surface area contributed by atoms with Crippen molar-refractivity contribution < 1.29 is 20.1 Å². The smallest absolute Gasteiger partial charge is 0.341 e. The quantitative estimate of drug-likeness (QED) is 0.569. The molecule has 2 aromatic rings. The number of carboxylic acid groups (broad SMARTS) is 1. The number of hydrogen-bond donors (Lipinski definition) is 4. The van der Waals surface area contributed by atoms with E-state index in [0.29, 0.717) is 17.7 Å². The molecule has 2 heterocycles. The summed E-state index contributed by atoms with van der Waals surface area (Å²) in [6, 6.07) is 6.81. The SMILES string of the molecule is CN1CC23Cc4ccc(O)cc4C4(Cc5[nH]c(=O)c(C(=O)O)cc5CC4(O)C12)C3. The zero-order chi connectivity index (χ0) is 20.3. The number of fused-ring (bicyclic) bond motifs is 3. The molecule has 2 bridgehead atoms. The molecule has 29 heavy (non-hydrogen) atoms. The molecule has 0 radical (unpaired) electrons. The van der Waals surface area contributed by atoms with Gasteiger partial charge in [0.2, 0.25) is 0 Å². The Kier molecular flexibility index (Phi) is 2.92. The van der Waals surface area contributed by atoms with Gasteiger partial charge in [-0.3, -0.25) is 9.69 Å². The fourth-order valence-electron chi connectivity index (χ4n) is 7.41. The number of benzene rings is 1. The van der Waals surface area contributed by atoms with Gasteiger partial charge in [-0.05, 0) is 54.8 Å². The molecule has 4 N–H and O–H groups in total. The molecule has 1 saturated heterocycles. The van der Waals surface area contributed by atoms with Gasteiger partial charge in [-0.15, -0.1) is 0 Å². The fourth-order valence-corrected chi connectivity index (χ4v) is 7.41. The number of aromatic nitrogens is 1. The van der Waals surface area contributed by atoms with Gasteiger partial charge in [0.15, 0.2) is 0 Å². The number of carbonyl (C=O) groups is 1. The molecule has 0 amide bonds. The standard InChI is InChI=1S/C22H22N2O5/c1-24-10-20-6-11-2-3-13(25)5-15(11)21(9-20)8-16-12(7-22(21,29)19(20)24)4-14(18(27)28)17(26)23-16/h2-5,19,25,29H,6-10H2,1H3,(H,23,26)(H,27,28). The second-order valence-corrected chi connectivity index (χ2v) is 9.56. The first kappa shape index (κ1) is 17.2. The summed E-state index contributed by atoms with van der Waals surface area (Å²) >= 11 is 0. The monoisotopic (exact) mass is 394 g/mol. The van der Waals surface area contributed by atoms with E-state index in [1.165, 1.54) is 6.07 Å². The number of aromatic amines is 1. The molecule has 6 rings (SSSR count). The van der Waals surface area contributed by atoms with Crippen LogP contribution in [0.4, 0.5) is 0 Å². The van der Waals surface area contributed by atoms with Crippen LogP contribution in [0.3, 0.4) is 0 Å². The number of phenols is 1. The highest BCUT2D eigenvalue weighted by molar-refractivity contribution is 5.87. The summed E-state index contributed by atoms with van der Waals surface area (Å²) in [5.74, 6) is -1.09. The first-order valence-electron chi connectivity index (χ1n) is 9.93. The van der Waals surface area contributed by atoms with E-state index < -0.39 is 22.5 Å². The molecule has 1 aliphatic heterocycles. The summed E-state index contributed by atoms with van der Waals surface area (Å²) in [5, 5.41) is 31.8. The van der Waals surface area contributed by atoms with Crippen LogP contribution in [0.25, 0.3) is 0 Å². The van der Waals surface area contributed by atoms with E-state index in [4.69, 9.17) is 0 Å². The van der Waals surface area contributed by atoms with Gasteiger partial charge in [-0.2, -0.15) is 0 Å². The van der Waals surface area contributed by atoms with Crippen molar-refractivity contribution in [2.24, 2.45) is 5.41 Å². The lowest BCUT2D eigenvalue weighted by Gasteiger charge is -2.57. The summed E-state index contributed by atoms with van der Waals surface area (Å²) in [6.45, 7) is 0.898. The average molecular weight is 394 g/mol. The van der Waals surface area contributed by atoms with E-state index in [1.807, 2.05) is 13.1 Å². The Morgan fingerprint density at radius 2 is 2.00 bits per heavy atom. The molecule has 7 heteroatoms. The van der Waals surface area contributed by atoms with E-state index in [-0.39, 0.29) is 29.2 Å². The molecular formula is C22H22N2O5. The van der Waals surface area contributed by atoms with Crippen LogP contribution >= 0.6 is 0 Å². The number of hydrogen-bond acceptors (Lipinski definition) is 5. The molecule has 150 valence electrons. The van der Waals surface area contributed by atoms with Gasteiger partial charge in [0, 0.05) is 42.0 Å². The van der Waals surface area contributed by atoms with Gasteiger partial charge >= 0.3 is 5.97 Å². The predicted octanol–water partition coefficient (Wildman–Crippen LogP) is 0.807. The third-order valence-corrected chi connectivity index (χ3v) is 8.06. The Morgan fingerprint density at radius 3 is 2.72 bits per heavy atom. The summed E-state index contributed by atoms with van der Waals surface area (Å²) < 4.78 is 0. The van der Waals surface area contributed by atoms with E-state index in [2.05, 4.69) is 9.88 Å². The van der Waals surface area contributed by atoms with E-state index in [9.17, 15) is 24.9 Å². The maximum atomic E-state index is 12.3. The molecule has 1 saturated carbocycles. The van der Waals surface area contributed by atoms with Crippen molar-refractivity contribution in [3.05, 3.63) is 62.6 Å². The van der Waals surface area contributed by atoms with Crippen LogP contribution in [-0.2, 0) is 24.7 Å². The number of H-pyrrole nitrogens is 1. The number of aromatic hydroxyl groups is 1. The number of aliphatic hydroxyl groups is 1. The highest BCUT2D eigenvalue weighted by atomic mass is 16.4. The van der Waals surface area contributed by atoms with Crippen molar-refractivity contribution >= 4 is 5.97 Å². The Labute approximate surface area is 166 Å². The molecule has 4 aliphatic rings. The molecule has 1 aromatic heterocycles. The normalized spacial score (nSPS) is 36.4. The number of carboxylic acids is 1. The largest absolute Gasteiger partial charge is 0.508 e. The van der Waals surface area contributed by atoms with Crippen molar-refractivity contribution in [1.82, 2.24) is 9.88 Å². The van der Waals surface area contributed by atoms with Gasteiger partial charge in [0.1, 0.15) is 11.3 Å².